The maximum atomic E-state index is 9.67. The predicted molar refractivity (Wildman–Crippen MR) is 312 cm³/mol. The quantitative estimate of drug-likeness (QED) is 0.0346. The molecule has 0 unspecified atom stereocenters. The molecule has 0 heterocycles. The Morgan fingerprint density at radius 1 is 0.365 bits per heavy atom. The predicted octanol–water partition coefficient (Wildman–Crippen LogP) is 18.9. The van der Waals surface area contributed by atoms with Crippen LogP contribution in [0.4, 0.5) is 0 Å². The summed E-state index contributed by atoms with van der Waals surface area (Å²) >= 11 is 0. The van der Waals surface area contributed by atoms with E-state index in [0.29, 0.717) is 37.1 Å². The zero-order valence-electron chi connectivity index (χ0n) is 47.1. The summed E-state index contributed by atoms with van der Waals surface area (Å²) in [6, 6.07) is 21.8. The van der Waals surface area contributed by atoms with Gasteiger partial charge in [-0.05, 0) is 71.5 Å². The standard InChI is InChI=1S/C66H98O8/c1-7-9-11-13-15-17-19-21-23-25-27-29-31-33-42-72-62-50-59(41-39-55-47-64(70-5)66(65(48-55)71-6)74-53-57-37-35-36-56(44-57)52-67)63(49-58(62)40-38-54-45-60(68-3)51-61(46-54)69-4)73-43-34-32-30-28-26-24-22-20-18-16-14-12-10-8-2/h35-41,44-51,67H,7-34,42-43,52-53H2,1-6H3/b40-38+,41-39+. The van der Waals surface area contributed by atoms with Crippen molar-refractivity contribution in [1.82, 2.24) is 0 Å². The van der Waals surface area contributed by atoms with Gasteiger partial charge in [0.05, 0.1) is 48.3 Å². The average molecular weight is 1020 g/mol. The zero-order chi connectivity index (χ0) is 52.7. The minimum Gasteiger partial charge on any atom is -0.497 e. The van der Waals surface area contributed by atoms with E-state index < -0.39 is 0 Å². The van der Waals surface area contributed by atoms with Crippen LogP contribution in [0.3, 0.4) is 0 Å². The van der Waals surface area contributed by atoms with Gasteiger partial charge < -0.3 is 38.3 Å². The minimum absolute atomic E-state index is 0.0285. The van der Waals surface area contributed by atoms with Crippen LogP contribution in [0.2, 0.25) is 0 Å². The van der Waals surface area contributed by atoms with Crippen molar-refractivity contribution in [3.8, 4) is 40.2 Å². The molecule has 0 aliphatic heterocycles. The third-order valence-electron chi connectivity index (χ3n) is 14.0. The lowest BCUT2D eigenvalue weighted by Crippen LogP contribution is -2.03. The normalized spacial score (nSPS) is 11.4. The molecule has 1 N–H and O–H groups in total. The van der Waals surface area contributed by atoms with Gasteiger partial charge in [-0.2, -0.15) is 0 Å². The molecule has 4 rings (SSSR count). The van der Waals surface area contributed by atoms with E-state index in [0.717, 1.165) is 82.1 Å². The summed E-state index contributed by atoms with van der Waals surface area (Å²) in [6.07, 6.45) is 45.1. The first kappa shape index (κ1) is 61.5. The monoisotopic (exact) mass is 1020 g/mol. The molecule has 4 aromatic carbocycles. The van der Waals surface area contributed by atoms with Crippen molar-refractivity contribution in [3.63, 3.8) is 0 Å². The highest BCUT2D eigenvalue weighted by molar-refractivity contribution is 5.80. The SMILES string of the molecule is CCCCCCCCCCCCCCCCOc1cc(/C=C/c2cc(OC)c(OCc3cccc(CO)c3)c(OC)c2)c(OCCCCCCCCCCCCCCCC)cc1/C=C/c1cc(OC)cc(OC)c1. The van der Waals surface area contributed by atoms with Crippen LogP contribution in [0.25, 0.3) is 24.3 Å². The van der Waals surface area contributed by atoms with Crippen molar-refractivity contribution in [2.24, 2.45) is 0 Å². The first-order valence-corrected chi connectivity index (χ1v) is 29.0. The summed E-state index contributed by atoms with van der Waals surface area (Å²) < 4.78 is 42.7. The number of unbranched alkanes of at least 4 members (excludes halogenated alkanes) is 26. The lowest BCUT2D eigenvalue weighted by molar-refractivity contribution is 0.264. The molecule has 0 spiro atoms. The van der Waals surface area contributed by atoms with Crippen LogP contribution in [0, 0.1) is 0 Å². The van der Waals surface area contributed by atoms with E-state index in [4.69, 9.17) is 33.2 Å². The number of methoxy groups -OCH3 is 4. The van der Waals surface area contributed by atoms with Gasteiger partial charge in [-0.1, -0.05) is 229 Å². The van der Waals surface area contributed by atoms with Gasteiger partial charge in [-0.3, -0.25) is 0 Å². The first-order chi connectivity index (χ1) is 36.4. The smallest absolute Gasteiger partial charge is 0.203 e. The highest BCUT2D eigenvalue weighted by atomic mass is 16.5. The fraction of sp³-hybridized carbons (Fsp3) is 0.576. The van der Waals surface area contributed by atoms with E-state index in [9.17, 15) is 5.11 Å². The summed E-state index contributed by atoms with van der Waals surface area (Å²) in [7, 11) is 6.63. The van der Waals surface area contributed by atoms with E-state index in [2.05, 4.69) is 50.3 Å². The highest BCUT2D eigenvalue weighted by Crippen LogP contribution is 2.40. The van der Waals surface area contributed by atoms with Gasteiger partial charge >= 0.3 is 0 Å². The van der Waals surface area contributed by atoms with Crippen molar-refractivity contribution < 1.29 is 38.3 Å². The molecule has 4 aromatic rings. The highest BCUT2D eigenvalue weighted by Gasteiger charge is 2.16. The van der Waals surface area contributed by atoms with E-state index in [1.54, 1.807) is 28.4 Å². The van der Waals surface area contributed by atoms with E-state index >= 15 is 0 Å². The molecule has 410 valence electrons. The lowest BCUT2D eigenvalue weighted by atomic mass is 10.0. The van der Waals surface area contributed by atoms with Crippen molar-refractivity contribution >= 4 is 24.3 Å². The Balaban J connectivity index is 1.50. The van der Waals surface area contributed by atoms with Crippen LogP contribution >= 0.6 is 0 Å². The maximum absolute atomic E-state index is 9.67. The number of aliphatic hydroxyl groups is 1. The Morgan fingerprint density at radius 3 is 1.12 bits per heavy atom. The Hall–Kier alpha value is -5.08. The van der Waals surface area contributed by atoms with Crippen molar-refractivity contribution in [1.29, 1.82) is 0 Å². The molecule has 8 nitrogen and oxygen atoms in total. The van der Waals surface area contributed by atoms with Gasteiger partial charge in [0, 0.05) is 17.2 Å². The molecule has 74 heavy (non-hydrogen) atoms. The second-order valence-electron chi connectivity index (χ2n) is 20.2. The second kappa shape index (κ2) is 39.3. The van der Waals surface area contributed by atoms with Gasteiger partial charge in [0.25, 0.3) is 0 Å². The van der Waals surface area contributed by atoms with Crippen molar-refractivity contribution in [2.45, 2.75) is 207 Å². The van der Waals surface area contributed by atoms with Gasteiger partial charge in [0.1, 0.15) is 29.6 Å². The molecule has 0 aliphatic rings. The number of hydrogen-bond acceptors (Lipinski definition) is 8. The topological polar surface area (TPSA) is 84.8 Å². The van der Waals surface area contributed by atoms with Gasteiger partial charge in [0.15, 0.2) is 11.5 Å². The summed E-state index contributed by atoms with van der Waals surface area (Å²) in [4.78, 5) is 0. The van der Waals surface area contributed by atoms with Crippen molar-refractivity contribution in [3.05, 3.63) is 100 Å². The summed E-state index contributed by atoms with van der Waals surface area (Å²) in [5.41, 5.74) is 5.48. The molecule has 0 radical (unpaired) electrons. The van der Waals surface area contributed by atoms with Gasteiger partial charge in [-0.15, -0.1) is 0 Å². The molecular formula is C66H98O8. The fourth-order valence-electron chi connectivity index (χ4n) is 9.47. The van der Waals surface area contributed by atoms with E-state index in [1.807, 2.05) is 54.6 Å². The molecular weight excluding hydrogens is 921 g/mol. The molecule has 0 aromatic heterocycles. The number of aliphatic hydroxyl groups excluding tert-OH is 1. The molecule has 8 heteroatoms. The molecule has 0 aliphatic carbocycles. The first-order valence-electron chi connectivity index (χ1n) is 29.0. The van der Waals surface area contributed by atoms with Crippen LogP contribution < -0.4 is 33.2 Å². The number of rotatable bonds is 44. The largest absolute Gasteiger partial charge is 0.497 e. The fourth-order valence-corrected chi connectivity index (χ4v) is 9.47. The summed E-state index contributed by atoms with van der Waals surface area (Å²) in [5, 5.41) is 9.67. The zero-order valence-corrected chi connectivity index (χ0v) is 47.1. The Kier molecular flexibility index (Phi) is 32.7. The van der Waals surface area contributed by atoms with Crippen LogP contribution in [-0.2, 0) is 13.2 Å². The van der Waals surface area contributed by atoms with Crippen LogP contribution in [0.15, 0.2) is 66.7 Å². The number of benzene rings is 4. The molecule has 0 bridgehead atoms. The minimum atomic E-state index is -0.0285. The van der Waals surface area contributed by atoms with Crippen molar-refractivity contribution in [2.75, 3.05) is 41.7 Å². The molecule has 0 saturated carbocycles. The molecule has 0 amide bonds. The molecule has 0 saturated heterocycles. The number of hydrogen-bond donors (Lipinski definition) is 1. The Morgan fingerprint density at radius 2 is 0.743 bits per heavy atom. The van der Waals surface area contributed by atoms with Crippen LogP contribution in [0.1, 0.15) is 227 Å². The molecule has 0 atom stereocenters. The second-order valence-corrected chi connectivity index (χ2v) is 20.2. The van der Waals surface area contributed by atoms with E-state index in [-0.39, 0.29) is 6.61 Å². The maximum Gasteiger partial charge on any atom is 0.203 e. The Labute approximate surface area is 449 Å². The Bertz CT molecular complexity index is 2090. The summed E-state index contributed by atoms with van der Waals surface area (Å²) in [6.45, 7) is 6.10. The lowest BCUT2D eigenvalue weighted by Gasteiger charge is -2.17. The van der Waals surface area contributed by atoms with Gasteiger partial charge in [-0.25, -0.2) is 0 Å². The summed E-state index contributed by atoms with van der Waals surface area (Å²) in [5.74, 6) is 4.70. The van der Waals surface area contributed by atoms with Gasteiger partial charge in [0.2, 0.25) is 5.75 Å². The average Bonchev–Trinajstić information content (AvgIpc) is 3.43. The third kappa shape index (κ3) is 25.0. The molecule has 0 fully saturated rings. The van der Waals surface area contributed by atoms with Crippen LogP contribution in [0.5, 0.6) is 40.2 Å². The third-order valence-corrected chi connectivity index (χ3v) is 14.0. The van der Waals surface area contributed by atoms with E-state index in [1.165, 1.54) is 154 Å². The number of ether oxygens (including phenoxy) is 7. The van der Waals surface area contributed by atoms with Crippen LogP contribution in [-0.4, -0.2) is 46.8 Å².